The fourth-order valence-corrected chi connectivity index (χ4v) is 3.72. The lowest BCUT2D eigenvalue weighted by Gasteiger charge is -2.37. The first-order valence-electron chi connectivity index (χ1n) is 10.6. The van der Waals surface area contributed by atoms with Crippen LogP contribution in [0.2, 0.25) is 0 Å². The number of aliphatic hydroxyl groups excluding tert-OH is 1. The zero-order chi connectivity index (χ0) is 23.4. The summed E-state index contributed by atoms with van der Waals surface area (Å²) in [6, 6.07) is 4.17. The molecule has 4 N–H and O–H groups in total. The summed E-state index contributed by atoms with van der Waals surface area (Å²) in [6.07, 6.45) is -0.256. The van der Waals surface area contributed by atoms with Crippen LogP contribution in [-0.4, -0.2) is 66.0 Å². The summed E-state index contributed by atoms with van der Waals surface area (Å²) in [5.74, 6) is 0.515. The first-order valence-corrected chi connectivity index (χ1v) is 10.6. The third-order valence-corrected chi connectivity index (χ3v) is 5.62. The van der Waals surface area contributed by atoms with Crippen molar-refractivity contribution in [3.8, 4) is 5.75 Å². The largest absolute Gasteiger partial charge is 0.486 e. The predicted octanol–water partition coefficient (Wildman–Crippen LogP) is 2.37. The number of anilines is 2. The molecule has 0 saturated heterocycles. The maximum absolute atomic E-state index is 13.4. The minimum absolute atomic E-state index is 0.0160. The summed E-state index contributed by atoms with van der Waals surface area (Å²) in [5, 5.41) is 22.2. The molecule has 1 aliphatic rings. The van der Waals surface area contributed by atoms with E-state index in [9.17, 15) is 14.7 Å². The van der Waals surface area contributed by atoms with Crippen LogP contribution >= 0.6 is 0 Å². The number of aryl methyl sites for hydroxylation is 2. The highest BCUT2D eigenvalue weighted by Gasteiger charge is 2.34. The molecular formula is C22H31N5O5. The van der Waals surface area contributed by atoms with E-state index < -0.39 is 6.03 Å². The van der Waals surface area contributed by atoms with Crippen LogP contribution in [0.4, 0.5) is 16.2 Å². The SMILES string of the molecule is CNC[C@@H]1Oc2c(NC(=O)Nc3c(C)noc3C)cccc2C(=O)N([C@H](C)CO)C[C@@H]1C. The molecule has 1 aromatic carbocycles. The van der Waals surface area contributed by atoms with Gasteiger partial charge in [-0.3, -0.25) is 4.79 Å². The molecule has 3 atom stereocenters. The van der Waals surface area contributed by atoms with Gasteiger partial charge in [0.1, 0.15) is 17.5 Å². The van der Waals surface area contributed by atoms with Crippen molar-refractivity contribution in [1.82, 2.24) is 15.4 Å². The van der Waals surface area contributed by atoms with Crippen LogP contribution < -0.4 is 20.7 Å². The van der Waals surface area contributed by atoms with Crippen LogP contribution in [0.25, 0.3) is 0 Å². The summed E-state index contributed by atoms with van der Waals surface area (Å²) in [7, 11) is 1.83. The maximum Gasteiger partial charge on any atom is 0.323 e. The van der Waals surface area contributed by atoms with E-state index in [-0.39, 0.29) is 30.6 Å². The summed E-state index contributed by atoms with van der Waals surface area (Å²) >= 11 is 0. The van der Waals surface area contributed by atoms with Gasteiger partial charge in [-0.25, -0.2) is 4.79 Å². The molecule has 0 bridgehead atoms. The summed E-state index contributed by atoms with van der Waals surface area (Å²) < 4.78 is 11.4. The molecule has 3 rings (SSSR count). The molecule has 10 nitrogen and oxygen atoms in total. The number of urea groups is 1. The number of rotatable bonds is 6. The number of benzene rings is 1. The summed E-state index contributed by atoms with van der Waals surface area (Å²) in [6.45, 7) is 8.08. The summed E-state index contributed by atoms with van der Waals surface area (Å²) in [4.78, 5) is 27.7. The van der Waals surface area contributed by atoms with Gasteiger partial charge in [-0.15, -0.1) is 0 Å². The lowest BCUT2D eigenvalue weighted by Crippen LogP contribution is -2.49. The molecule has 3 amide bonds. The fraction of sp³-hybridized carbons (Fsp3) is 0.500. The lowest BCUT2D eigenvalue weighted by atomic mass is 9.99. The van der Waals surface area contributed by atoms with E-state index in [1.54, 1.807) is 43.9 Å². The maximum atomic E-state index is 13.4. The van der Waals surface area contributed by atoms with Crippen LogP contribution in [0.15, 0.2) is 22.7 Å². The standard InChI is InChI=1S/C22H31N5O5/c1-12-10-27(13(2)11-28)21(29)16-7-6-8-17(20(16)31-18(12)9-23-5)24-22(30)25-19-14(3)26-32-15(19)4/h6-8,12-13,18,23,28H,9-11H2,1-5H3,(H2,24,25,30)/t12-,13+,18-/m0/s1. The molecule has 0 aliphatic carbocycles. The highest BCUT2D eigenvalue weighted by Crippen LogP contribution is 2.35. The first kappa shape index (κ1) is 23.6. The van der Waals surface area contributed by atoms with Crippen molar-refractivity contribution in [1.29, 1.82) is 0 Å². The number of carbonyl (C=O) groups is 2. The Labute approximate surface area is 187 Å². The highest BCUT2D eigenvalue weighted by atomic mass is 16.5. The number of aromatic nitrogens is 1. The highest BCUT2D eigenvalue weighted by molar-refractivity contribution is 6.04. The van der Waals surface area contributed by atoms with Crippen molar-refractivity contribution in [2.24, 2.45) is 5.92 Å². The van der Waals surface area contributed by atoms with Gasteiger partial charge in [0.2, 0.25) is 0 Å². The van der Waals surface area contributed by atoms with Crippen LogP contribution in [0.5, 0.6) is 5.75 Å². The van der Waals surface area contributed by atoms with Gasteiger partial charge in [0.05, 0.1) is 23.9 Å². The van der Waals surface area contributed by atoms with E-state index >= 15 is 0 Å². The number of nitrogens with one attached hydrogen (secondary N) is 3. The second kappa shape index (κ2) is 10.0. The van der Waals surface area contributed by atoms with Gasteiger partial charge in [-0.1, -0.05) is 18.1 Å². The van der Waals surface area contributed by atoms with Crippen molar-refractivity contribution < 1.29 is 24.0 Å². The zero-order valence-corrected chi connectivity index (χ0v) is 19.1. The van der Waals surface area contributed by atoms with E-state index in [1.807, 2.05) is 14.0 Å². The van der Waals surface area contributed by atoms with Crippen LogP contribution in [0, 0.1) is 19.8 Å². The Morgan fingerprint density at radius 1 is 1.34 bits per heavy atom. The number of nitrogens with zero attached hydrogens (tertiary/aromatic N) is 2. The van der Waals surface area contributed by atoms with Crippen LogP contribution in [0.1, 0.15) is 35.7 Å². The molecule has 0 radical (unpaired) electrons. The van der Waals surface area contributed by atoms with Crippen LogP contribution in [-0.2, 0) is 0 Å². The van der Waals surface area contributed by atoms with Crippen molar-refractivity contribution in [3.63, 3.8) is 0 Å². The molecule has 32 heavy (non-hydrogen) atoms. The molecule has 2 heterocycles. The van der Waals surface area contributed by atoms with E-state index in [0.717, 1.165) is 0 Å². The van der Waals surface area contributed by atoms with Gasteiger partial charge in [-0.05, 0) is 40.0 Å². The number of hydrogen-bond acceptors (Lipinski definition) is 7. The van der Waals surface area contributed by atoms with E-state index in [0.29, 0.717) is 47.2 Å². The Kier molecular flexibility index (Phi) is 7.37. The van der Waals surface area contributed by atoms with Gasteiger partial charge in [0.25, 0.3) is 5.91 Å². The van der Waals surface area contributed by atoms with Crippen molar-refractivity contribution >= 4 is 23.3 Å². The Morgan fingerprint density at radius 3 is 2.72 bits per heavy atom. The molecule has 10 heteroatoms. The number of carbonyl (C=O) groups excluding carboxylic acids is 2. The van der Waals surface area contributed by atoms with Gasteiger partial charge in [-0.2, -0.15) is 0 Å². The molecule has 1 aromatic heterocycles. The summed E-state index contributed by atoms with van der Waals surface area (Å²) in [5.41, 5.74) is 1.74. The Balaban J connectivity index is 1.97. The number of likely N-dealkylation sites (N-methyl/N-ethyl adjacent to an activating group) is 1. The second-order valence-electron chi connectivity index (χ2n) is 8.14. The number of para-hydroxylation sites is 1. The van der Waals surface area contributed by atoms with Gasteiger partial charge >= 0.3 is 6.03 Å². The quantitative estimate of drug-likeness (QED) is 0.537. The average molecular weight is 446 g/mol. The third-order valence-electron chi connectivity index (χ3n) is 5.62. The van der Waals surface area contributed by atoms with Gasteiger partial charge < -0.3 is 35.2 Å². The van der Waals surface area contributed by atoms with E-state index in [2.05, 4.69) is 21.1 Å². The third kappa shape index (κ3) is 4.86. The van der Waals surface area contributed by atoms with E-state index in [1.165, 1.54) is 0 Å². The first-order chi connectivity index (χ1) is 15.3. The lowest BCUT2D eigenvalue weighted by molar-refractivity contribution is 0.0417. The Hall–Kier alpha value is -3.11. The van der Waals surface area contributed by atoms with E-state index in [4.69, 9.17) is 9.26 Å². The number of ether oxygens (including phenoxy) is 1. The molecule has 1 aliphatic heterocycles. The monoisotopic (exact) mass is 445 g/mol. The molecule has 174 valence electrons. The minimum Gasteiger partial charge on any atom is -0.486 e. The van der Waals surface area contributed by atoms with Gasteiger partial charge in [0, 0.05) is 19.0 Å². The second-order valence-corrected chi connectivity index (χ2v) is 8.14. The van der Waals surface area contributed by atoms with Crippen molar-refractivity contribution in [3.05, 3.63) is 35.2 Å². The average Bonchev–Trinajstić information content (AvgIpc) is 3.08. The molecule has 0 unspecified atom stereocenters. The topological polar surface area (TPSA) is 129 Å². The smallest absolute Gasteiger partial charge is 0.323 e. The Bertz CT molecular complexity index is 956. The molecule has 2 aromatic rings. The number of fused-ring (bicyclic) bond motifs is 1. The molecule has 0 saturated carbocycles. The molecule has 0 spiro atoms. The molecule has 0 fully saturated rings. The number of aliphatic hydroxyl groups is 1. The number of amides is 3. The number of hydrogen-bond donors (Lipinski definition) is 4. The Morgan fingerprint density at radius 2 is 2.09 bits per heavy atom. The molecular weight excluding hydrogens is 414 g/mol. The normalized spacial score (nSPS) is 19.4. The van der Waals surface area contributed by atoms with Crippen molar-refractivity contribution in [2.75, 3.05) is 37.4 Å². The minimum atomic E-state index is -0.510. The zero-order valence-electron chi connectivity index (χ0n) is 19.1. The fourth-order valence-electron chi connectivity index (χ4n) is 3.72. The van der Waals surface area contributed by atoms with Crippen LogP contribution in [0.3, 0.4) is 0 Å². The van der Waals surface area contributed by atoms with Gasteiger partial charge in [0.15, 0.2) is 11.5 Å². The predicted molar refractivity (Wildman–Crippen MR) is 120 cm³/mol. The van der Waals surface area contributed by atoms with Crippen molar-refractivity contribution in [2.45, 2.75) is 39.8 Å².